The predicted octanol–water partition coefficient (Wildman–Crippen LogP) is 16.0. The second-order valence-corrected chi connectivity index (χ2v) is 14.7. The summed E-state index contributed by atoms with van der Waals surface area (Å²) in [7, 11) is 0. The van der Waals surface area contributed by atoms with Crippen molar-refractivity contribution in [1.82, 2.24) is 0 Å². The molecule has 0 aromatic heterocycles. The van der Waals surface area contributed by atoms with Crippen molar-refractivity contribution in [2.45, 2.75) is 33.6 Å². The highest BCUT2D eigenvalue weighted by Gasteiger charge is 2.19. The van der Waals surface area contributed by atoms with E-state index >= 15 is 0 Å². The van der Waals surface area contributed by atoms with E-state index in [1.54, 1.807) is 0 Å². The molecule has 0 spiro atoms. The van der Waals surface area contributed by atoms with Crippen molar-refractivity contribution in [3.05, 3.63) is 193 Å². The van der Waals surface area contributed by atoms with Gasteiger partial charge in [0.25, 0.3) is 0 Å². The zero-order valence-corrected chi connectivity index (χ0v) is 31.9. The molecule has 0 heteroatoms. The predicted molar refractivity (Wildman–Crippen MR) is 242 cm³/mol. The van der Waals surface area contributed by atoms with Crippen LogP contribution in [0.15, 0.2) is 176 Å². The van der Waals surface area contributed by atoms with E-state index in [1.807, 2.05) is 13.0 Å². The fourth-order valence-corrected chi connectivity index (χ4v) is 8.78. The van der Waals surface area contributed by atoms with E-state index in [4.69, 9.17) is 0 Å². The lowest BCUT2D eigenvalue weighted by Crippen LogP contribution is -2.00. The molecule has 0 aliphatic heterocycles. The largest absolute Gasteiger partial charge is 0.0984 e. The van der Waals surface area contributed by atoms with Gasteiger partial charge in [-0.15, -0.1) is 0 Å². The van der Waals surface area contributed by atoms with Crippen molar-refractivity contribution >= 4 is 54.7 Å². The minimum atomic E-state index is 0.971. The highest BCUT2D eigenvalue weighted by molar-refractivity contribution is 6.25. The molecular formula is C55H44. The van der Waals surface area contributed by atoms with Crippen LogP contribution in [0, 0.1) is 0 Å². The van der Waals surface area contributed by atoms with Crippen molar-refractivity contribution in [3.63, 3.8) is 0 Å². The molecule has 55 heavy (non-hydrogen) atoms. The van der Waals surface area contributed by atoms with Gasteiger partial charge in [0.05, 0.1) is 0 Å². The molecular weight excluding hydrogens is 661 g/mol. The third-order valence-corrected chi connectivity index (χ3v) is 11.5. The molecule has 0 atom stereocenters. The summed E-state index contributed by atoms with van der Waals surface area (Å²) in [5.41, 5.74) is 15.2. The van der Waals surface area contributed by atoms with Crippen LogP contribution in [-0.2, 0) is 6.42 Å². The van der Waals surface area contributed by atoms with Crippen molar-refractivity contribution < 1.29 is 0 Å². The van der Waals surface area contributed by atoms with Gasteiger partial charge >= 0.3 is 0 Å². The van der Waals surface area contributed by atoms with Gasteiger partial charge in [0.2, 0.25) is 0 Å². The standard InChI is InChI=1S/C50H34.C5H10/c1-3-32-23-29-46-44(28-25-39-12-11-31(2)47(32)49(39)46)43-10-5-4-9-41(43)35-17-13-33(14-18-35)34-15-19-36(20-16-34)42-27-24-40-22-21-37-7-6-8-38-26-30-45(42)50(40)48(37)38;1-3-5-4-2/h3-11,13-30H,1,12H2,2H3;3,5H,4H2,1-2H3/b;5-3-. The first-order valence-corrected chi connectivity index (χ1v) is 19.5. The molecule has 0 nitrogen and oxygen atoms in total. The van der Waals surface area contributed by atoms with E-state index < -0.39 is 0 Å². The van der Waals surface area contributed by atoms with Gasteiger partial charge in [0.1, 0.15) is 0 Å². The number of hydrogen-bond donors (Lipinski definition) is 0. The van der Waals surface area contributed by atoms with E-state index in [2.05, 4.69) is 190 Å². The summed E-state index contributed by atoms with van der Waals surface area (Å²) in [5.74, 6) is 0. The minimum absolute atomic E-state index is 0.971. The van der Waals surface area contributed by atoms with Crippen molar-refractivity contribution in [2.24, 2.45) is 0 Å². The molecule has 0 amide bonds. The smallest absolute Gasteiger partial charge is 0.00206 e. The van der Waals surface area contributed by atoms with Gasteiger partial charge in [-0.1, -0.05) is 189 Å². The summed E-state index contributed by atoms with van der Waals surface area (Å²) in [5, 5.41) is 10.6. The quantitative estimate of drug-likeness (QED) is 0.119. The molecule has 9 aromatic rings. The zero-order chi connectivity index (χ0) is 37.5. The van der Waals surface area contributed by atoms with Crippen LogP contribution in [-0.4, -0.2) is 0 Å². The summed E-state index contributed by atoms with van der Waals surface area (Å²) in [6.07, 6.45) is 10.7. The van der Waals surface area contributed by atoms with Crippen molar-refractivity contribution in [2.75, 3.05) is 0 Å². The second kappa shape index (κ2) is 14.4. The average molecular weight is 705 g/mol. The van der Waals surface area contributed by atoms with E-state index in [-0.39, 0.29) is 0 Å². The number of rotatable bonds is 6. The van der Waals surface area contributed by atoms with Crippen LogP contribution >= 0.6 is 0 Å². The van der Waals surface area contributed by atoms with Gasteiger partial charge in [0, 0.05) is 0 Å². The summed E-state index contributed by atoms with van der Waals surface area (Å²) < 4.78 is 0. The lowest BCUT2D eigenvalue weighted by atomic mass is 9.82. The Morgan fingerprint density at radius 1 is 0.509 bits per heavy atom. The van der Waals surface area contributed by atoms with Crippen LogP contribution in [0.2, 0.25) is 0 Å². The lowest BCUT2D eigenvalue weighted by Gasteiger charge is -2.22. The van der Waals surface area contributed by atoms with E-state index in [0.717, 1.165) is 12.8 Å². The third-order valence-electron chi connectivity index (χ3n) is 11.5. The summed E-state index contributed by atoms with van der Waals surface area (Å²) in [6.45, 7) is 10.5. The normalized spacial score (nSPS) is 12.4. The minimum Gasteiger partial charge on any atom is -0.0984 e. The maximum Gasteiger partial charge on any atom is -0.00206 e. The Labute approximate surface area is 324 Å². The van der Waals surface area contributed by atoms with Crippen LogP contribution in [0.3, 0.4) is 0 Å². The molecule has 0 saturated carbocycles. The zero-order valence-electron chi connectivity index (χ0n) is 31.9. The summed E-state index contributed by atoms with van der Waals surface area (Å²) in [4.78, 5) is 0. The number of allylic oxidation sites excluding steroid dienone is 4. The van der Waals surface area contributed by atoms with Gasteiger partial charge in [0.15, 0.2) is 0 Å². The SMILES string of the molecule is C/C=C\CC.C=Cc1ccc2c(-c3ccccc3-c3ccc(-c4ccc(-c5ccc6ccc7cccc8ccc5c6c78)cc4)cc3)ccc3c2c1C(C)=CC3. The summed E-state index contributed by atoms with van der Waals surface area (Å²) >= 11 is 0. The lowest BCUT2D eigenvalue weighted by molar-refractivity contribution is 1.22. The maximum absolute atomic E-state index is 4.11. The van der Waals surface area contributed by atoms with Crippen LogP contribution in [0.1, 0.15) is 43.9 Å². The second-order valence-electron chi connectivity index (χ2n) is 14.7. The fourth-order valence-electron chi connectivity index (χ4n) is 8.78. The van der Waals surface area contributed by atoms with Crippen LogP contribution in [0.25, 0.3) is 99.2 Å². The monoisotopic (exact) mass is 704 g/mol. The first-order chi connectivity index (χ1) is 27.1. The van der Waals surface area contributed by atoms with Crippen molar-refractivity contribution in [1.29, 1.82) is 0 Å². The molecule has 0 fully saturated rings. The van der Waals surface area contributed by atoms with Crippen LogP contribution < -0.4 is 0 Å². The van der Waals surface area contributed by atoms with Gasteiger partial charge in [-0.2, -0.15) is 0 Å². The number of hydrogen-bond acceptors (Lipinski definition) is 0. The molecule has 0 unspecified atom stereocenters. The van der Waals surface area contributed by atoms with Crippen molar-refractivity contribution in [3.8, 4) is 44.5 Å². The fraction of sp³-hybridized carbons (Fsp3) is 0.0909. The highest BCUT2D eigenvalue weighted by atomic mass is 14.2. The maximum atomic E-state index is 4.11. The molecule has 1 aliphatic rings. The Bertz CT molecular complexity index is 2920. The molecule has 0 N–H and O–H groups in total. The number of benzene rings is 9. The Balaban J connectivity index is 0.000000748. The van der Waals surface area contributed by atoms with E-state index in [9.17, 15) is 0 Å². The first kappa shape index (κ1) is 34.3. The van der Waals surface area contributed by atoms with Gasteiger partial charge < -0.3 is 0 Å². The Kier molecular flexibility index (Phi) is 8.97. The third kappa shape index (κ3) is 5.96. The summed E-state index contributed by atoms with van der Waals surface area (Å²) in [6, 6.07) is 56.4. The molecule has 1 aliphatic carbocycles. The Morgan fingerprint density at radius 2 is 1.07 bits per heavy atom. The Morgan fingerprint density at radius 3 is 1.73 bits per heavy atom. The molecule has 0 heterocycles. The van der Waals surface area contributed by atoms with E-state index in [1.165, 1.54) is 110 Å². The van der Waals surface area contributed by atoms with Gasteiger partial charge in [-0.05, 0) is 137 Å². The molecule has 10 rings (SSSR count). The topological polar surface area (TPSA) is 0 Å². The highest BCUT2D eigenvalue weighted by Crippen LogP contribution is 2.43. The van der Waals surface area contributed by atoms with Crippen LogP contribution in [0.5, 0.6) is 0 Å². The van der Waals surface area contributed by atoms with Crippen LogP contribution in [0.4, 0.5) is 0 Å². The molecule has 9 aromatic carbocycles. The molecule has 264 valence electrons. The molecule has 0 saturated heterocycles. The van der Waals surface area contributed by atoms with E-state index in [0.29, 0.717) is 0 Å². The van der Waals surface area contributed by atoms with Gasteiger partial charge in [-0.25, -0.2) is 0 Å². The average Bonchev–Trinajstić information content (AvgIpc) is 3.24. The molecule has 0 bridgehead atoms. The Hall–Kier alpha value is -6.50. The molecule has 0 radical (unpaired) electrons. The first-order valence-electron chi connectivity index (χ1n) is 19.5. The van der Waals surface area contributed by atoms with Gasteiger partial charge in [-0.3, -0.25) is 0 Å².